The molecule has 7 heteroatoms. The maximum Gasteiger partial charge on any atom is 0.343 e. The summed E-state index contributed by atoms with van der Waals surface area (Å²) in [7, 11) is 1.48. The molecule has 7 nitrogen and oxygen atoms in total. The van der Waals surface area contributed by atoms with Crippen molar-refractivity contribution in [3.05, 3.63) is 89.0 Å². The van der Waals surface area contributed by atoms with Crippen LogP contribution in [0.5, 0.6) is 17.2 Å². The number of rotatable bonds is 8. The third-order valence-corrected chi connectivity index (χ3v) is 4.56. The number of hydrogen-bond acceptors (Lipinski definition) is 6. The van der Waals surface area contributed by atoms with Crippen molar-refractivity contribution in [1.29, 1.82) is 0 Å². The second-order valence-corrected chi connectivity index (χ2v) is 6.77. The van der Waals surface area contributed by atoms with Gasteiger partial charge in [-0.15, -0.1) is 0 Å². The number of nitrogens with one attached hydrogen (secondary N) is 1. The lowest BCUT2D eigenvalue weighted by atomic mass is 10.1. The van der Waals surface area contributed by atoms with Gasteiger partial charge >= 0.3 is 5.97 Å². The van der Waals surface area contributed by atoms with Gasteiger partial charge in [0, 0.05) is 5.56 Å². The van der Waals surface area contributed by atoms with Crippen molar-refractivity contribution in [2.45, 2.75) is 13.8 Å². The molecule has 32 heavy (non-hydrogen) atoms. The first kappa shape index (κ1) is 22.6. The molecule has 0 aromatic heterocycles. The highest BCUT2D eigenvalue weighted by atomic mass is 16.6. The SMILES string of the molecule is CCOc1ccc(C(=O)Oc2ccc(/C=N\NC(=O)c3ccccc3C)cc2OC)cc1. The summed E-state index contributed by atoms with van der Waals surface area (Å²) < 4.78 is 16.2. The Labute approximate surface area is 186 Å². The number of esters is 1. The van der Waals surface area contributed by atoms with Crippen LogP contribution in [-0.2, 0) is 0 Å². The summed E-state index contributed by atoms with van der Waals surface area (Å²) in [5.41, 5.74) is 4.97. The van der Waals surface area contributed by atoms with Gasteiger partial charge < -0.3 is 14.2 Å². The summed E-state index contributed by atoms with van der Waals surface area (Å²) in [5, 5.41) is 4.00. The molecule has 0 atom stereocenters. The van der Waals surface area contributed by atoms with E-state index in [1.165, 1.54) is 13.3 Å². The van der Waals surface area contributed by atoms with Crippen molar-refractivity contribution in [3.63, 3.8) is 0 Å². The summed E-state index contributed by atoms with van der Waals surface area (Å²) in [4.78, 5) is 24.7. The van der Waals surface area contributed by atoms with Gasteiger partial charge in [0.25, 0.3) is 5.91 Å². The highest BCUT2D eigenvalue weighted by molar-refractivity contribution is 5.96. The van der Waals surface area contributed by atoms with Gasteiger partial charge in [0.05, 0.1) is 25.5 Å². The third kappa shape index (κ3) is 5.72. The van der Waals surface area contributed by atoms with E-state index in [0.717, 1.165) is 5.56 Å². The standard InChI is InChI=1S/C25H24N2O5/c1-4-31-20-12-10-19(11-13-20)25(29)32-22-14-9-18(15-23(22)30-3)16-26-27-24(28)21-8-6-5-7-17(21)2/h5-16H,4H2,1-3H3,(H,27,28)/b26-16-. The van der Waals surface area contributed by atoms with Crippen molar-refractivity contribution >= 4 is 18.1 Å². The smallest absolute Gasteiger partial charge is 0.343 e. The summed E-state index contributed by atoms with van der Waals surface area (Å²) in [5.74, 6) is 0.496. The number of nitrogens with zero attached hydrogens (tertiary/aromatic N) is 1. The maximum atomic E-state index is 12.5. The van der Waals surface area contributed by atoms with Crippen LogP contribution in [0.1, 0.15) is 38.8 Å². The molecule has 1 N–H and O–H groups in total. The first-order valence-electron chi connectivity index (χ1n) is 10.0. The molecule has 0 aliphatic rings. The number of aryl methyl sites for hydroxylation is 1. The van der Waals surface area contributed by atoms with E-state index in [9.17, 15) is 9.59 Å². The molecule has 3 rings (SSSR count). The van der Waals surface area contributed by atoms with E-state index in [1.807, 2.05) is 26.0 Å². The Morgan fingerprint density at radius 2 is 1.75 bits per heavy atom. The maximum absolute atomic E-state index is 12.5. The number of carbonyl (C=O) groups excluding carboxylic acids is 2. The second-order valence-electron chi connectivity index (χ2n) is 6.77. The van der Waals surface area contributed by atoms with Crippen molar-refractivity contribution < 1.29 is 23.8 Å². The number of carbonyl (C=O) groups is 2. The molecule has 0 bridgehead atoms. The quantitative estimate of drug-likeness (QED) is 0.247. The van der Waals surface area contributed by atoms with Crippen LogP contribution in [0.25, 0.3) is 0 Å². The summed E-state index contributed by atoms with van der Waals surface area (Å²) in [6.45, 7) is 4.30. The Kier molecular flexibility index (Phi) is 7.59. The average molecular weight is 432 g/mol. The lowest BCUT2D eigenvalue weighted by Crippen LogP contribution is -2.18. The Hall–Kier alpha value is -4.13. The van der Waals surface area contributed by atoms with Crippen LogP contribution in [0, 0.1) is 6.92 Å². The minimum Gasteiger partial charge on any atom is -0.494 e. The topological polar surface area (TPSA) is 86.2 Å². The average Bonchev–Trinajstić information content (AvgIpc) is 2.80. The fourth-order valence-corrected chi connectivity index (χ4v) is 2.91. The fourth-order valence-electron chi connectivity index (χ4n) is 2.91. The predicted octanol–water partition coefficient (Wildman–Crippen LogP) is 4.39. The fraction of sp³-hybridized carbons (Fsp3) is 0.160. The minimum atomic E-state index is -0.516. The Morgan fingerprint density at radius 3 is 2.44 bits per heavy atom. The third-order valence-electron chi connectivity index (χ3n) is 4.56. The minimum absolute atomic E-state index is 0.271. The van der Waals surface area contributed by atoms with Gasteiger partial charge in [-0.05, 0) is 73.5 Å². The van der Waals surface area contributed by atoms with Crippen LogP contribution in [0.4, 0.5) is 0 Å². The lowest BCUT2D eigenvalue weighted by Gasteiger charge is -2.10. The van der Waals surface area contributed by atoms with Gasteiger partial charge in [0.2, 0.25) is 0 Å². The van der Waals surface area contributed by atoms with E-state index < -0.39 is 5.97 Å². The second kappa shape index (κ2) is 10.8. The molecule has 0 aliphatic carbocycles. The van der Waals surface area contributed by atoms with Crippen LogP contribution in [-0.4, -0.2) is 31.8 Å². The van der Waals surface area contributed by atoms with Gasteiger partial charge in [0.15, 0.2) is 11.5 Å². The molecule has 0 fully saturated rings. The Balaban J connectivity index is 1.66. The molecular weight excluding hydrogens is 408 g/mol. The van der Waals surface area contributed by atoms with Crippen molar-refractivity contribution in [1.82, 2.24) is 5.43 Å². The monoisotopic (exact) mass is 432 g/mol. The van der Waals surface area contributed by atoms with Crippen molar-refractivity contribution in [2.24, 2.45) is 5.10 Å². The highest BCUT2D eigenvalue weighted by Gasteiger charge is 2.13. The van der Waals surface area contributed by atoms with Crippen LogP contribution in [0.2, 0.25) is 0 Å². The molecule has 164 valence electrons. The molecule has 3 aromatic rings. The van der Waals surface area contributed by atoms with Gasteiger partial charge in [0.1, 0.15) is 5.75 Å². The zero-order chi connectivity index (χ0) is 22.9. The van der Waals surface area contributed by atoms with Gasteiger partial charge in [-0.1, -0.05) is 18.2 Å². The summed E-state index contributed by atoms with van der Waals surface area (Å²) >= 11 is 0. The molecule has 0 saturated heterocycles. The Bertz CT molecular complexity index is 1120. The van der Waals surface area contributed by atoms with Crippen LogP contribution in [0.3, 0.4) is 0 Å². The first-order chi connectivity index (χ1) is 15.5. The molecule has 3 aromatic carbocycles. The van der Waals surface area contributed by atoms with E-state index in [0.29, 0.717) is 34.8 Å². The molecule has 0 radical (unpaired) electrons. The van der Waals surface area contributed by atoms with E-state index in [-0.39, 0.29) is 11.7 Å². The summed E-state index contributed by atoms with van der Waals surface area (Å²) in [6, 6.07) is 18.9. The molecule has 0 spiro atoms. The number of methoxy groups -OCH3 is 1. The van der Waals surface area contributed by atoms with E-state index in [2.05, 4.69) is 10.5 Å². The molecule has 0 saturated carbocycles. The predicted molar refractivity (Wildman–Crippen MR) is 122 cm³/mol. The number of benzene rings is 3. The van der Waals surface area contributed by atoms with Gasteiger partial charge in [-0.2, -0.15) is 5.10 Å². The van der Waals surface area contributed by atoms with Crippen LogP contribution >= 0.6 is 0 Å². The van der Waals surface area contributed by atoms with Gasteiger partial charge in [-0.25, -0.2) is 10.2 Å². The van der Waals surface area contributed by atoms with E-state index in [1.54, 1.807) is 54.6 Å². The van der Waals surface area contributed by atoms with E-state index >= 15 is 0 Å². The first-order valence-corrected chi connectivity index (χ1v) is 10.0. The number of hydrogen-bond donors (Lipinski definition) is 1. The van der Waals surface area contributed by atoms with Crippen molar-refractivity contribution in [3.8, 4) is 17.2 Å². The molecular formula is C25H24N2O5. The number of hydrazone groups is 1. The molecule has 0 aliphatic heterocycles. The molecule has 0 unspecified atom stereocenters. The largest absolute Gasteiger partial charge is 0.494 e. The number of ether oxygens (including phenoxy) is 3. The normalized spacial score (nSPS) is 10.6. The Morgan fingerprint density at radius 1 is 1.00 bits per heavy atom. The van der Waals surface area contributed by atoms with Gasteiger partial charge in [-0.3, -0.25) is 4.79 Å². The molecule has 0 heterocycles. The molecule has 1 amide bonds. The van der Waals surface area contributed by atoms with Crippen LogP contribution < -0.4 is 19.6 Å². The summed E-state index contributed by atoms with van der Waals surface area (Å²) in [6.07, 6.45) is 1.48. The van der Waals surface area contributed by atoms with Crippen molar-refractivity contribution in [2.75, 3.05) is 13.7 Å². The van der Waals surface area contributed by atoms with E-state index in [4.69, 9.17) is 14.2 Å². The zero-order valence-electron chi connectivity index (χ0n) is 18.1. The van der Waals surface area contributed by atoms with Crippen LogP contribution in [0.15, 0.2) is 71.8 Å². The highest BCUT2D eigenvalue weighted by Crippen LogP contribution is 2.28. The lowest BCUT2D eigenvalue weighted by molar-refractivity contribution is 0.0729. The zero-order valence-corrected chi connectivity index (χ0v) is 18.1. The number of amides is 1.